The number of halogens is 1. The maximum absolute atomic E-state index is 11.4. The van der Waals surface area contributed by atoms with Gasteiger partial charge in [0.1, 0.15) is 13.2 Å². The van der Waals surface area contributed by atoms with Gasteiger partial charge >= 0.3 is 0 Å². The number of ether oxygens (including phenoxy) is 1. The van der Waals surface area contributed by atoms with E-state index in [4.69, 9.17) is 11.2 Å². The highest BCUT2D eigenvalue weighted by atomic mass is 79.9. The molecule has 0 spiro atoms. The van der Waals surface area contributed by atoms with E-state index in [1.54, 1.807) is 12.1 Å². The van der Waals surface area contributed by atoms with Crippen molar-refractivity contribution in [3.63, 3.8) is 0 Å². The molecule has 0 aliphatic rings. The summed E-state index contributed by atoms with van der Waals surface area (Å²) in [6.07, 6.45) is 4.98. The highest BCUT2D eigenvalue weighted by Crippen LogP contribution is 2.10. The van der Waals surface area contributed by atoms with E-state index in [-0.39, 0.29) is 19.0 Å². The third-order valence-corrected chi connectivity index (χ3v) is 2.11. The van der Waals surface area contributed by atoms with Gasteiger partial charge in [-0.3, -0.25) is 4.79 Å². The molecular formula is C11H9BrO2. The second-order valence-corrected chi connectivity index (χ2v) is 3.54. The highest BCUT2D eigenvalue weighted by molar-refractivity contribution is 9.10. The molecule has 0 bridgehead atoms. The van der Waals surface area contributed by atoms with Gasteiger partial charge in [0.05, 0.1) is 0 Å². The first-order valence-corrected chi connectivity index (χ1v) is 4.83. The third kappa shape index (κ3) is 3.33. The molecule has 14 heavy (non-hydrogen) atoms. The molecule has 0 radical (unpaired) electrons. The van der Waals surface area contributed by atoms with Gasteiger partial charge in [-0.25, -0.2) is 0 Å². The molecule has 0 heterocycles. The summed E-state index contributed by atoms with van der Waals surface area (Å²) in [6, 6.07) is 7.11. The fourth-order valence-electron chi connectivity index (χ4n) is 0.922. The van der Waals surface area contributed by atoms with Crippen LogP contribution in [-0.2, 0) is 4.74 Å². The van der Waals surface area contributed by atoms with E-state index >= 15 is 0 Å². The second-order valence-electron chi connectivity index (χ2n) is 2.63. The minimum absolute atomic E-state index is 0.0336. The minimum atomic E-state index is -0.0623. The van der Waals surface area contributed by atoms with E-state index in [0.717, 1.165) is 4.47 Å². The lowest BCUT2D eigenvalue weighted by atomic mass is 10.1. The number of benzene rings is 1. The van der Waals surface area contributed by atoms with Gasteiger partial charge in [0.25, 0.3) is 0 Å². The fourth-order valence-corrected chi connectivity index (χ4v) is 1.19. The molecular weight excluding hydrogens is 244 g/mol. The molecule has 1 aromatic rings. The van der Waals surface area contributed by atoms with Crippen LogP contribution >= 0.6 is 15.9 Å². The zero-order valence-electron chi connectivity index (χ0n) is 7.50. The number of Topliss-reactive ketones (excluding diaryl/α,β-unsaturated/α-hetero) is 1. The largest absolute Gasteiger partial charge is 0.361 e. The van der Waals surface area contributed by atoms with Crippen LogP contribution in [0.3, 0.4) is 0 Å². The summed E-state index contributed by atoms with van der Waals surface area (Å²) in [5.74, 6) is 2.24. The molecule has 2 nitrogen and oxygen atoms in total. The molecule has 0 fully saturated rings. The molecule has 0 aliphatic carbocycles. The Balaban J connectivity index is 2.53. The SMILES string of the molecule is C#CCOCC(=O)c1ccc(Br)cc1. The molecule has 0 aliphatic heterocycles. The van der Waals surface area contributed by atoms with Gasteiger partial charge in [-0.05, 0) is 12.1 Å². The Morgan fingerprint density at radius 2 is 2.07 bits per heavy atom. The predicted octanol–water partition coefficient (Wildman–Crippen LogP) is 2.28. The minimum Gasteiger partial charge on any atom is -0.361 e. The van der Waals surface area contributed by atoms with Crippen LogP contribution in [-0.4, -0.2) is 19.0 Å². The molecule has 1 aromatic carbocycles. The average Bonchev–Trinajstić information content (AvgIpc) is 2.19. The maximum Gasteiger partial charge on any atom is 0.188 e. The lowest BCUT2D eigenvalue weighted by Crippen LogP contribution is -2.08. The smallest absolute Gasteiger partial charge is 0.188 e. The van der Waals surface area contributed by atoms with Crippen LogP contribution in [0.5, 0.6) is 0 Å². The van der Waals surface area contributed by atoms with Gasteiger partial charge in [-0.2, -0.15) is 0 Å². The molecule has 0 atom stereocenters. The number of hydrogen-bond donors (Lipinski definition) is 0. The van der Waals surface area contributed by atoms with E-state index in [1.807, 2.05) is 12.1 Å². The molecule has 0 aromatic heterocycles. The summed E-state index contributed by atoms with van der Waals surface area (Å²) in [6.45, 7) is 0.202. The van der Waals surface area contributed by atoms with Crippen molar-refractivity contribution in [1.29, 1.82) is 0 Å². The number of rotatable bonds is 4. The highest BCUT2D eigenvalue weighted by Gasteiger charge is 2.04. The lowest BCUT2D eigenvalue weighted by Gasteiger charge is -2.00. The molecule has 0 saturated carbocycles. The number of terminal acetylenes is 1. The number of ketones is 1. The third-order valence-electron chi connectivity index (χ3n) is 1.58. The molecule has 72 valence electrons. The standard InChI is InChI=1S/C11H9BrO2/c1-2-7-14-8-11(13)9-3-5-10(12)6-4-9/h1,3-6H,7-8H2. The Morgan fingerprint density at radius 1 is 1.43 bits per heavy atom. The monoisotopic (exact) mass is 252 g/mol. The zero-order chi connectivity index (χ0) is 10.4. The maximum atomic E-state index is 11.4. The van der Waals surface area contributed by atoms with Crippen molar-refractivity contribution >= 4 is 21.7 Å². The van der Waals surface area contributed by atoms with Gasteiger partial charge < -0.3 is 4.74 Å². The van der Waals surface area contributed by atoms with Crippen molar-refractivity contribution < 1.29 is 9.53 Å². The van der Waals surface area contributed by atoms with Gasteiger partial charge in [0, 0.05) is 10.0 Å². The first kappa shape index (κ1) is 11.0. The van der Waals surface area contributed by atoms with Crippen LogP contribution in [0.25, 0.3) is 0 Å². The molecule has 0 N–H and O–H groups in total. The van der Waals surface area contributed by atoms with Crippen molar-refractivity contribution in [3.05, 3.63) is 34.3 Å². The molecule has 0 unspecified atom stereocenters. The van der Waals surface area contributed by atoms with Gasteiger partial charge in [0.2, 0.25) is 0 Å². The number of carbonyl (C=O) groups is 1. The van der Waals surface area contributed by atoms with Crippen molar-refractivity contribution in [1.82, 2.24) is 0 Å². The van der Waals surface area contributed by atoms with Gasteiger partial charge in [-0.15, -0.1) is 6.42 Å². The van der Waals surface area contributed by atoms with Crippen LogP contribution < -0.4 is 0 Å². The van der Waals surface area contributed by atoms with Gasteiger partial charge in [0.15, 0.2) is 5.78 Å². The fraction of sp³-hybridized carbons (Fsp3) is 0.182. The first-order chi connectivity index (χ1) is 6.74. The van der Waals surface area contributed by atoms with Crippen LogP contribution in [0.2, 0.25) is 0 Å². The average molecular weight is 253 g/mol. The van der Waals surface area contributed by atoms with E-state index in [2.05, 4.69) is 21.9 Å². The van der Waals surface area contributed by atoms with E-state index in [0.29, 0.717) is 5.56 Å². The van der Waals surface area contributed by atoms with Crippen molar-refractivity contribution in [3.8, 4) is 12.3 Å². The predicted molar refractivity (Wildman–Crippen MR) is 58.1 cm³/mol. The normalized spacial score (nSPS) is 9.43. The topological polar surface area (TPSA) is 26.3 Å². The Labute approximate surface area is 91.4 Å². The quantitative estimate of drug-likeness (QED) is 0.467. The Bertz CT molecular complexity index is 349. The van der Waals surface area contributed by atoms with Crippen LogP contribution in [0.4, 0.5) is 0 Å². The Morgan fingerprint density at radius 3 is 2.64 bits per heavy atom. The van der Waals surface area contributed by atoms with Crippen LogP contribution in [0.15, 0.2) is 28.7 Å². The van der Waals surface area contributed by atoms with Crippen LogP contribution in [0.1, 0.15) is 10.4 Å². The Hall–Kier alpha value is -1.11. The molecule has 0 amide bonds. The molecule has 0 saturated heterocycles. The summed E-state index contributed by atoms with van der Waals surface area (Å²) in [7, 11) is 0. The van der Waals surface area contributed by atoms with E-state index in [1.165, 1.54) is 0 Å². The summed E-state index contributed by atoms with van der Waals surface area (Å²) in [5.41, 5.74) is 0.630. The summed E-state index contributed by atoms with van der Waals surface area (Å²) in [5, 5.41) is 0. The van der Waals surface area contributed by atoms with E-state index in [9.17, 15) is 4.79 Å². The van der Waals surface area contributed by atoms with Crippen molar-refractivity contribution in [2.45, 2.75) is 0 Å². The number of hydrogen-bond acceptors (Lipinski definition) is 2. The summed E-state index contributed by atoms with van der Waals surface area (Å²) >= 11 is 3.29. The molecule has 3 heteroatoms. The lowest BCUT2D eigenvalue weighted by molar-refractivity contribution is 0.0812. The second kappa shape index (κ2) is 5.58. The van der Waals surface area contributed by atoms with Crippen molar-refractivity contribution in [2.75, 3.05) is 13.2 Å². The van der Waals surface area contributed by atoms with Crippen LogP contribution in [0, 0.1) is 12.3 Å². The van der Waals surface area contributed by atoms with Crippen molar-refractivity contribution in [2.24, 2.45) is 0 Å². The summed E-state index contributed by atoms with van der Waals surface area (Å²) < 4.78 is 5.88. The van der Waals surface area contributed by atoms with Gasteiger partial charge in [-0.1, -0.05) is 34.0 Å². The van der Waals surface area contributed by atoms with E-state index < -0.39 is 0 Å². The Kier molecular flexibility index (Phi) is 4.37. The zero-order valence-corrected chi connectivity index (χ0v) is 9.08. The number of carbonyl (C=O) groups excluding carboxylic acids is 1. The molecule has 1 rings (SSSR count). The summed E-state index contributed by atoms with van der Waals surface area (Å²) in [4.78, 5) is 11.4. The first-order valence-electron chi connectivity index (χ1n) is 4.04.